The Morgan fingerprint density at radius 2 is 2.29 bits per heavy atom. The van der Waals surface area contributed by atoms with Crippen LogP contribution in [0.2, 0.25) is 0 Å². The third kappa shape index (κ3) is 2.49. The second-order valence-electron chi connectivity index (χ2n) is 3.07. The summed E-state index contributed by atoms with van der Waals surface area (Å²) in [6, 6.07) is 5.40. The lowest BCUT2D eigenvalue weighted by molar-refractivity contribution is -0.116. The van der Waals surface area contributed by atoms with Crippen molar-refractivity contribution in [2.75, 3.05) is 5.73 Å². The Morgan fingerprint density at radius 3 is 2.79 bits per heavy atom. The number of hydrogen-bond acceptors (Lipinski definition) is 2. The number of halogens is 2. The number of nitrogen functional groups attached to an aromatic ring is 1. The van der Waals surface area contributed by atoms with Gasteiger partial charge in [0.2, 0.25) is 0 Å². The van der Waals surface area contributed by atoms with Gasteiger partial charge in [0.05, 0.1) is 0 Å². The highest BCUT2D eigenvalue weighted by Gasteiger charge is 2.13. The lowest BCUT2D eigenvalue weighted by Gasteiger charge is -2.09. The summed E-state index contributed by atoms with van der Waals surface area (Å²) in [6.45, 7) is 1.47. The zero-order valence-corrected chi connectivity index (χ0v) is 10.1. The molecule has 0 amide bonds. The summed E-state index contributed by atoms with van der Waals surface area (Å²) in [5.74, 6) is -0.0584. The van der Waals surface area contributed by atoms with Gasteiger partial charge in [-0.25, -0.2) is 0 Å². The van der Waals surface area contributed by atoms with Crippen LogP contribution in [0, 0.1) is 0 Å². The molecule has 1 aromatic rings. The molecule has 0 aliphatic carbocycles. The largest absolute Gasteiger partial charge is 0.398 e. The molecule has 2 N–H and O–H groups in total. The molecule has 0 bridgehead atoms. The summed E-state index contributed by atoms with van der Waals surface area (Å²) >= 11 is 9.24. The van der Waals surface area contributed by atoms with Crippen LogP contribution in [-0.4, -0.2) is 5.78 Å². The number of rotatable bonds is 3. The van der Waals surface area contributed by atoms with Crippen LogP contribution in [0.25, 0.3) is 0 Å². The van der Waals surface area contributed by atoms with Crippen molar-refractivity contribution in [3.8, 4) is 0 Å². The zero-order chi connectivity index (χ0) is 10.7. The Bertz CT molecular complexity index is 354. The molecule has 0 aliphatic heterocycles. The average Bonchev–Trinajstić information content (AvgIpc) is 2.17. The van der Waals surface area contributed by atoms with E-state index in [4.69, 9.17) is 17.3 Å². The molecule has 14 heavy (non-hydrogen) atoms. The van der Waals surface area contributed by atoms with Gasteiger partial charge in [-0.1, -0.05) is 28.1 Å². The van der Waals surface area contributed by atoms with Crippen molar-refractivity contribution in [2.45, 2.75) is 17.6 Å². The van der Waals surface area contributed by atoms with Crippen LogP contribution in [-0.2, 0) is 10.1 Å². The first-order chi connectivity index (χ1) is 6.56. The van der Waals surface area contributed by atoms with Crippen LogP contribution in [0.3, 0.4) is 0 Å². The van der Waals surface area contributed by atoms with Gasteiger partial charge in [-0.2, -0.15) is 0 Å². The van der Waals surface area contributed by atoms with Gasteiger partial charge in [0.15, 0.2) is 5.78 Å². The lowest BCUT2D eigenvalue weighted by Crippen LogP contribution is -2.03. The smallest absolute Gasteiger partial charge is 0.152 e. The Kier molecular flexibility index (Phi) is 3.96. The molecule has 1 aromatic carbocycles. The SMILES string of the molecule is CC(=O)C(Cl)c1ccc(N)c(CBr)c1. The Labute approximate surface area is 96.6 Å². The second-order valence-corrected chi connectivity index (χ2v) is 4.06. The number of carbonyl (C=O) groups is 1. The Morgan fingerprint density at radius 1 is 1.64 bits per heavy atom. The summed E-state index contributed by atoms with van der Waals surface area (Å²) < 4.78 is 0. The summed E-state index contributed by atoms with van der Waals surface area (Å²) in [6.07, 6.45) is 0. The normalized spacial score (nSPS) is 12.5. The van der Waals surface area contributed by atoms with Gasteiger partial charge in [-0.3, -0.25) is 4.79 Å². The van der Waals surface area contributed by atoms with E-state index in [0.29, 0.717) is 11.0 Å². The number of benzene rings is 1. The highest BCUT2D eigenvalue weighted by atomic mass is 79.9. The molecule has 76 valence electrons. The predicted molar refractivity (Wildman–Crippen MR) is 62.8 cm³/mol. The summed E-state index contributed by atoms with van der Waals surface area (Å²) in [5.41, 5.74) is 8.17. The predicted octanol–water partition coefficient (Wildman–Crippen LogP) is 3.03. The van der Waals surface area contributed by atoms with E-state index in [-0.39, 0.29) is 5.78 Å². The topological polar surface area (TPSA) is 43.1 Å². The van der Waals surface area contributed by atoms with Crippen LogP contribution in [0.5, 0.6) is 0 Å². The van der Waals surface area contributed by atoms with Gasteiger partial charge >= 0.3 is 0 Å². The Hall–Kier alpha value is -0.540. The number of alkyl halides is 2. The van der Waals surface area contributed by atoms with Gasteiger partial charge in [-0.15, -0.1) is 11.6 Å². The van der Waals surface area contributed by atoms with Gasteiger partial charge in [0.25, 0.3) is 0 Å². The monoisotopic (exact) mass is 275 g/mol. The van der Waals surface area contributed by atoms with E-state index in [1.807, 2.05) is 6.07 Å². The van der Waals surface area contributed by atoms with Crippen molar-refractivity contribution in [3.63, 3.8) is 0 Å². The fourth-order valence-corrected chi connectivity index (χ4v) is 1.76. The van der Waals surface area contributed by atoms with Gasteiger partial charge in [-0.05, 0) is 24.1 Å². The minimum Gasteiger partial charge on any atom is -0.398 e. The van der Waals surface area contributed by atoms with Crippen molar-refractivity contribution >= 4 is 39.0 Å². The van der Waals surface area contributed by atoms with E-state index in [1.54, 1.807) is 12.1 Å². The lowest BCUT2D eigenvalue weighted by atomic mass is 10.1. The van der Waals surface area contributed by atoms with E-state index >= 15 is 0 Å². The van der Waals surface area contributed by atoms with Crippen LogP contribution < -0.4 is 5.73 Å². The number of Topliss-reactive ketones (excluding diaryl/α,β-unsaturated/α-hetero) is 1. The number of carbonyl (C=O) groups excluding carboxylic acids is 1. The molecule has 2 nitrogen and oxygen atoms in total. The maximum Gasteiger partial charge on any atom is 0.152 e. The maximum absolute atomic E-state index is 11.1. The third-order valence-corrected chi connectivity index (χ3v) is 3.12. The molecule has 1 unspecified atom stereocenters. The number of ketones is 1. The van der Waals surface area contributed by atoms with E-state index in [2.05, 4.69) is 15.9 Å². The van der Waals surface area contributed by atoms with E-state index in [0.717, 1.165) is 11.1 Å². The molecule has 0 saturated carbocycles. The molecule has 0 aliphatic rings. The van der Waals surface area contributed by atoms with E-state index in [9.17, 15) is 4.79 Å². The highest BCUT2D eigenvalue weighted by molar-refractivity contribution is 9.08. The summed E-state index contributed by atoms with van der Waals surface area (Å²) in [4.78, 5) is 11.1. The van der Waals surface area contributed by atoms with Crippen LogP contribution in [0.1, 0.15) is 23.4 Å². The second kappa shape index (κ2) is 4.80. The highest BCUT2D eigenvalue weighted by Crippen LogP contribution is 2.25. The molecular weight excluding hydrogens is 265 g/mol. The average molecular weight is 277 g/mol. The molecule has 0 aromatic heterocycles. The minimum atomic E-state index is -0.576. The van der Waals surface area contributed by atoms with Crippen LogP contribution in [0.15, 0.2) is 18.2 Å². The van der Waals surface area contributed by atoms with Crippen molar-refractivity contribution in [3.05, 3.63) is 29.3 Å². The first kappa shape index (κ1) is 11.5. The molecule has 1 atom stereocenters. The van der Waals surface area contributed by atoms with E-state index < -0.39 is 5.38 Å². The van der Waals surface area contributed by atoms with Gasteiger partial charge in [0.1, 0.15) is 5.38 Å². The van der Waals surface area contributed by atoms with Crippen LogP contribution >= 0.6 is 27.5 Å². The molecule has 0 fully saturated rings. The zero-order valence-electron chi connectivity index (χ0n) is 7.76. The molecule has 4 heteroatoms. The molecule has 1 rings (SSSR count). The standard InChI is InChI=1S/C10H11BrClNO/c1-6(14)10(12)7-2-3-9(13)8(4-7)5-11/h2-4,10H,5,13H2,1H3. The molecule has 0 heterocycles. The van der Waals surface area contributed by atoms with Gasteiger partial charge in [0, 0.05) is 11.0 Å². The fourth-order valence-electron chi connectivity index (χ4n) is 1.13. The number of nitrogens with two attached hydrogens (primary N) is 1. The van der Waals surface area contributed by atoms with Gasteiger partial charge < -0.3 is 5.73 Å². The summed E-state index contributed by atoms with van der Waals surface area (Å²) in [5, 5.41) is 0.0853. The minimum absolute atomic E-state index is 0.0584. The quantitative estimate of drug-likeness (QED) is 0.681. The van der Waals surface area contributed by atoms with Crippen molar-refractivity contribution < 1.29 is 4.79 Å². The molecular formula is C10H11BrClNO. The molecule has 0 radical (unpaired) electrons. The van der Waals surface area contributed by atoms with Crippen molar-refractivity contribution in [1.82, 2.24) is 0 Å². The number of hydrogen-bond donors (Lipinski definition) is 1. The molecule has 0 spiro atoms. The first-order valence-corrected chi connectivity index (χ1v) is 5.71. The Balaban J connectivity index is 3.06. The van der Waals surface area contributed by atoms with Crippen molar-refractivity contribution in [1.29, 1.82) is 0 Å². The first-order valence-electron chi connectivity index (χ1n) is 4.15. The maximum atomic E-state index is 11.1. The number of anilines is 1. The van der Waals surface area contributed by atoms with Crippen LogP contribution in [0.4, 0.5) is 5.69 Å². The fraction of sp³-hybridized carbons (Fsp3) is 0.300. The third-order valence-electron chi connectivity index (χ3n) is 1.96. The molecule has 0 saturated heterocycles. The van der Waals surface area contributed by atoms with E-state index in [1.165, 1.54) is 6.92 Å². The van der Waals surface area contributed by atoms with Crippen molar-refractivity contribution in [2.24, 2.45) is 0 Å². The summed E-state index contributed by atoms with van der Waals surface area (Å²) in [7, 11) is 0.